The molecule has 0 aromatic carbocycles. The highest BCUT2D eigenvalue weighted by Gasteiger charge is 2.05. The molecule has 1 heterocycles. The number of amides is 1. The summed E-state index contributed by atoms with van der Waals surface area (Å²) < 4.78 is 5.72. The van der Waals surface area contributed by atoms with Crippen LogP contribution >= 0.6 is 23.1 Å². The van der Waals surface area contributed by atoms with E-state index in [1.54, 1.807) is 7.11 Å². The van der Waals surface area contributed by atoms with Gasteiger partial charge in [-0.15, -0.1) is 10.2 Å². The van der Waals surface area contributed by atoms with Crippen molar-refractivity contribution in [2.75, 3.05) is 26.0 Å². The number of rotatable bonds is 7. The molecule has 0 spiro atoms. The van der Waals surface area contributed by atoms with Gasteiger partial charge in [0.05, 0.1) is 5.75 Å². The molecule has 1 N–H and O–H groups in total. The van der Waals surface area contributed by atoms with E-state index in [1.165, 1.54) is 23.1 Å². The van der Waals surface area contributed by atoms with Crippen LogP contribution in [0.5, 0.6) is 0 Å². The Kier molecular flexibility index (Phi) is 6.36. The minimum atomic E-state index is 0.0222. The Morgan fingerprint density at radius 2 is 2.38 bits per heavy atom. The minimum absolute atomic E-state index is 0.0222. The standard InChI is InChI=1S/C9H15N3O2S2/c1-7-11-12-9(16-7)15-6-8(13)10-4-3-5-14-2/h3-6H2,1-2H3,(H,10,13). The lowest BCUT2D eigenvalue weighted by atomic mass is 10.4. The van der Waals surface area contributed by atoms with Crippen molar-refractivity contribution in [3.63, 3.8) is 0 Å². The molecule has 0 fully saturated rings. The molecule has 0 aliphatic rings. The van der Waals surface area contributed by atoms with E-state index < -0.39 is 0 Å². The number of carbonyl (C=O) groups excluding carboxylic acids is 1. The number of methoxy groups -OCH3 is 1. The summed E-state index contributed by atoms with van der Waals surface area (Å²) in [4.78, 5) is 11.4. The smallest absolute Gasteiger partial charge is 0.230 e. The molecule has 1 aromatic heterocycles. The molecule has 0 aliphatic carbocycles. The van der Waals surface area contributed by atoms with Gasteiger partial charge < -0.3 is 10.1 Å². The van der Waals surface area contributed by atoms with Gasteiger partial charge >= 0.3 is 0 Å². The summed E-state index contributed by atoms with van der Waals surface area (Å²) in [6.07, 6.45) is 0.838. The predicted molar refractivity (Wildman–Crippen MR) is 64.9 cm³/mol. The molecule has 0 aliphatic heterocycles. The zero-order valence-corrected chi connectivity index (χ0v) is 11.0. The molecule has 16 heavy (non-hydrogen) atoms. The molecule has 0 radical (unpaired) electrons. The fourth-order valence-electron chi connectivity index (χ4n) is 0.959. The first kappa shape index (κ1) is 13.4. The minimum Gasteiger partial charge on any atom is -0.385 e. The van der Waals surface area contributed by atoms with Crippen LogP contribution in [0.3, 0.4) is 0 Å². The lowest BCUT2D eigenvalue weighted by Gasteiger charge is -2.02. The number of aromatic nitrogens is 2. The van der Waals surface area contributed by atoms with Crippen molar-refractivity contribution in [3.05, 3.63) is 5.01 Å². The number of ether oxygens (including phenoxy) is 1. The highest BCUT2D eigenvalue weighted by Crippen LogP contribution is 2.21. The van der Waals surface area contributed by atoms with Crippen LogP contribution in [0.25, 0.3) is 0 Å². The first-order valence-corrected chi connectivity index (χ1v) is 6.71. The van der Waals surface area contributed by atoms with Crippen molar-refractivity contribution in [2.45, 2.75) is 17.7 Å². The highest BCUT2D eigenvalue weighted by molar-refractivity contribution is 8.01. The van der Waals surface area contributed by atoms with E-state index in [-0.39, 0.29) is 5.91 Å². The second-order valence-corrected chi connectivity index (χ2v) is 5.48. The molecule has 1 aromatic rings. The Bertz CT molecular complexity index is 330. The van der Waals surface area contributed by atoms with Crippen LogP contribution in [0.15, 0.2) is 4.34 Å². The second-order valence-electron chi connectivity index (χ2n) is 3.07. The lowest BCUT2D eigenvalue weighted by molar-refractivity contribution is -0.118. The molecule has 7 heteroatoms. The zero-order valence-electron chi connectivity index (χ0n) is 9.36. The molecule has 90 valence electrons. The fourth-order valence-corrected chi connectivity index (χ4v) is 2.60. The van der Waals surface area contributed by atoms with Crippen molar-refractivity contribution in [1.29, 1.82) is 0 Å². The summed E-state index contributed by atoms with van der Waals surface area (Å²) in [5, 5.41) is 11.5. The van der Waals surface area contributed by atoms with Gasteiger partial charge in [-0.1, -0.05) is 23.1 Å². The second kappa shape index (κ2) is 7.59. The predicted octanol–water partition coefficient (Wildman–Crippen LogP) is 1.09. The van der Waals surface area contributed by atoms with E-state index in [1.807, 2.05) is 6.92 Å². The summed E-state index contributed by atoms with van der Waals surface area (Å²) >= 11 is 2.92. The Labute approximate surface area is 103 Å². The highest BCUT2D eigenvalue weighted by atomic mass is 32.2. The SMILES string of the molecule is COCCCNC(=O)CSc1nnc(C)s1. The maximum Gasteiger partial charge on any atom is 0.230 e. The summed E-state index contributed by atoms with van der Waals surface area (Å²) in [5.74, 6) is 0.413. The van der Waals surface area contributed by atoms with Crippen molar-refractivity contribution >= 4 is 29.0 Å². The number of carbonyl (C=O) groups is 1. The molecule has 0 unspecified atom stereocenters. The van der Waals surface area contributed by atoms with Crippen molar-refractivity contribution < 1.29 is 9.53 Å². The molecule has 1 rings (SSSR count). The Balaban J connectivity index is 2.10. The number of nitrogens with one attached hydrogen (secondary N) is 1. The normalized spacial score (nSPS) is 10.4. The van der Waals surface area contributed by atoms with Crippen LogP contribution in [-0.2, 0) is 9.53 Å². The lowest BCUT2D eigenvalue weighted by Crippen LogP contribution is -2.26. The summed E-state index contributed by atoms with van der Waals surface area (Å²) in [6, 6.07) is 0. The third-order valence-corrected chi connectivity index (χ3v) is 3.65. The average Bonchev–Trinajstić information content (AvgIpc) is 2.68. The summed E-state index contributed by atoms with van der Waals surface area (Å²) in [5.41, 5.74) is 0. The van der Waals surface area contributed by atoms with Crippen LogP contribution < -0.4 is 5.32 Å². The maximum absolute atomic E-state index is 11.4. The van der Waals surface area contributed by atoms with E-state index in [0.29, 0.717) is 18.9 Å². The van der Waals surface area contributed by atoms with Gasteiger partial charge in [0.1, 0.15) is 5.01 Å². The first-order chi connectivity index (χ1) is 7.72. The van der Waals surface area contributed by atoms with Gasteiger partial charge in [-0.25, -0.2) is 0 Å². The van der Waals surface area contributed by atoms with Gasteiger partial charge in [0.15, 0.2) is 4.34 Å². The zero-order chi connectivity index (χ0) is 11.8. The molecular formula is C9H15N3O2S2. The van der Waals surface area contributed by atoms with E-state index in [9.17, 15) is 4.79 Å². The van der Waals surface area contributed by atoms with Gasteiger partial charge in [-0.2, -0.15) is 0 Å². The van der Waals surface area contributed by atoms with Crippen LogP contribution in [0.1, 0.15) is 11.4 Å². The molecule has 0 bridgehead atoms. The van der Waals surface area contributed by atoms with Crippen molar-refractivity contribution in [2.24, 2.45) is 0 Å². The number of thioether (sulfide) groups is 1. The molecule has 0 atom stereocenters. The third kappa shape index (κ3) is 5.43. The Morgan fingerprint density at radius 3 is 3.00 bits per heavy atom. The van der Waals surface area contributed by atoms with Crippen LogP contribution in [-0.4, -0.2) is 42.1 Å². The average molecular weight is 261 g/mol. The largest absolute Gasteiger partial charge is 0.385 e. The van der Waals surface area contributed by atoms with Crippen molar-refractivity contribution in [3.8, 4) is 0 Å². The van der Waals surface area contributed by atoms with Gasteiger partial charge in [0.2, 0.25) is 5.91 Å². The topological polar surface area (TPSA) is 64.1 Å². The number of aryl methyl sites for hydroxylation is 1. The van der Waals surface area contributed by atoms with E-state index in [0.717, 1.165) is 15.8 Å². The molecule has 5 nitrogen and oxygen atoms in total. The number of hydrogen-bond acceptors (Lipinski definition) is 6. The Morgan fingerprint density at radius 1 is 1.56 bits per heavy atom. The van der Waals surface area contributed by atoms with Gasteiger partial charge in [-0.05, 0) is 13.3 Å². The summed E-state index contributed by atoms with van der Waals surface area (Å²) in [6.45, 7) is 3.22. The summed E-state index contributed by atoms with van der Waals surface area (Å²) in [7, 11) is 1.65. The molecule has 0 saturated heterocycles. The third-order valence-electron chi connectivity index (χ3n) is 1.68. The van der Waals surface area contributed by atoms with Crippen LogP contribution in [0, 0.1) is 6.92 Å². The maximum atomic E-state index is 11.4. The number of nitrogens with zero attached hydrogens (tertiary/aromatic N) is 2. The molecule has 0 saturated carbocycles. The van der Waals surface area contributed by atoms with E-state index >= 15 is 0 Å². The Hall–Kier alpha value is -0.660. The van der Waals surface area contributed by atoms with Gasteiger partial charge in [0, 0.05) is 20.3 Å². The monoisotopic (exact) mass is 261 g/mol. The van der Waals surface area contributed by atoms with Gasteiger partial charge in [-0.3, -0.25) is 4.79 Å². The van der Waals surface area contributed by atoms with Crippen LogP contribution in [0.2, 0.25) is 0 Å². The fraction of sp³-hybridized carbons (Fsp3) is 0.667. The first-order valence-electron chi connectivity index (χ1n) is 4.91. The quantitative estimate of drug-likeness (QED) is 0.588. The van der Waals surface area contributed by atoms with E-state index in [2.05, 4.69) is 15.5 Å². The molecular weight excluding hydrogens is 246 g/mol. The van der Waals surface area contributed by atoms with Gasteiger partial charge in [0.25, 0.3) is 0 Å². The molecule has 1 amide bonds. The van der Waals surface area contributed by atoms with E-state index in [4.69, 9.17) is 4.74 Å². The number of hydrogen-bond donors (Lipinski definition) is 1. The van der Waals surface area contributed by atoms with Crippen molar-refractivity contribution in [1.82, 2.24) is 15.5 Å². The van der Waals surface area contributed by atoms with Crippen LogP contribution in [0.4, 0.5) is 0 Å².